The SMILES string of the molecule is COc1ccc(C=NOCc2nc3c4c(C)c(C)n(-c5ccccn5)c4ncn3n2)cc1. The number of fused-ring (bicyclic) bond motifs is 3. The number of benzene rings is 1. The Balaban J connectivity index is 1.42. The first-order valence-electron chi connectivity index (χ1n) is 10.1. The maximum absolute atomic E-state index is 5.41. The van der Waals surface area contributed by atoms with Crippen molar-refractivity contribution in [1.82, 2.24) is 29.1 Å². The van der Waals surface area contributed by atoms with Gasteiger partial charge in [-0.2, -0.15) is 0 Å². The highest BCUT2D eigenvalue weighted by Gasteiger charge is 2.19. The molecule has 0 unspecified atom stereocenters. The smallest absolute Gasteiger partial charge is 0.192 e. The van der Waals surface area contributed by atoms with Crippen LogP contribution >= 0.6 is 0 Å². The molecule has 9 nitrogen and oxygen atoms in total. The van der Waals surface area contributed by atoms with Crippen molar-refractivity contribution in [1.29, 1.82) is 0 Å². The molecule has 5 rings (SSSR count). The third-order valence-corrected chi connectivity index (χ3v) is 5.34. The molecule has 0 aliphatic heterocycles. The summed E-state index contributed by atoms with van der Waals surface area (Å²) in [6.45, 7) is 4.26. The molecule has 160 valence electrons. The predicted molar refractivity (Wildman–Crippen MR) is 120 cm³/mol. The second-order valence-electron chi connectivity index (χ2n) is 7.25. The Morgan fingerprint density at radius 2 is 1.88 bits per heavy atom. The number of nitrogens with zero attached hydrogens (tertiary/aromatic N) is 7. The van der Waals surface area contributed by atoms with E-state index in [0.717, 1.165) is 45.1 Å². The predicted octanol–water partition coefficient (Wildman–Crippen LogP) is 3.64. The maximum atomic E-state index is 5.41. The fourth-order valence-corrected chi connectivity index (χ4v) is 3.62. The van der Waals surface area contributed by atoms with Crippen LogP contribution in [-0.4, -0.2) is 42.5 Å². The van der Waals surface area contributed by atoms with Gasteiger partial charge in [0.15, 0.2) is 23.7 Å². The van der Waals surface area contributed by atoms with Crippen LogP contribution in [0, 0.1) is 13.8 Å². The van der Waals surface area contributed by atoms with Gasteiger partial charge < -0.3 is 9.57 Å². The van der Waals surface area contributed by atoms with Gasteiger partial charge in [0.05, 0.1) is 18.7 Å². The van der Waals surface area contributed by atoms with Gasteiger partial charge in [-0.15, -0.1) is 5.10 Å². The minimum Gasteiger partial charge on any atom is -0.497 e. The molecule has 0 atom stereocenters. The Morgan fingerprint density at radius 1 is 1.03 bits per heavy atom. The van der Waals surface area contributed by atoms with E-state index in [1.54, 1.807) is 30.4 Å². The van der Waals surface area contributed by atoms with Crippen LogP contribution in [0.1, 0.15) is 22.6 Å². The van der Waals surface area contributed by atoms with E-state index in [2.05, 4.69) is 39.1 Å². The van der Waals surface area contributed by atoms with Gasteiger partial charge in [0.2, 0.25) is 0 Å². The van der Waals surface area contributed by atoms with E-state index < -0.39 is 0 Å². The maximum Gasteiger partial charge on any atom is 0.192 e. The van der Waals surface area contributed by atoms with E-state index in [1.165, 1.54) is 0 Å². The Morgan fingerprint density at radius 3 is 2.62 bits per heavy atom. The first kappa shape index (κ1) is 19.7. The lowest BCUT2D eigenvalue weighted by Gasteiger charge is -2.05. The average molecular weight is 427 g/mol. The van der Waals surface area contributed by atoms with Crippen molar-refractivity contribution in [2.75, 3.05) is 7.11 Å². The van der Waals surface area contributed by atoms with Crippen molar-refractivity contribution in [3.8, 4) is 11.6 Å². The molecule has 4 aromatic heterocycles. The third kappa shape index (κ3) is 3.43. The Labute approximate surface area is 184 Å². The van der Waals surface area contributed by atoms with Crippen molar-refractivity contribution < 1.29 is 9.57 Å². The van der Waals surface area contributed by atoms with Gasteiger partial charge in [-0.1, -0.05) is 11.2 Å². The molecule has 1 aromatic carbocycles. The van der Waals surface area contributed by atoms with Gasteiger partial charge in [0.1, 0.15) is 17.9 Å². The Kier molecular flexibility index (Phi) is 4.98. The summed E-state index contributed by atoms with van der Waals surface area (Å²) in [6, 6.07) is 13.3. The molecule has 0 aliphatic carbocycles. The van der Waals surface area contributed by atoms with E-state index in [4.69, 9.17) is 9.57 Å². The minimum atomic E-state index is 0.148. The third-order valence-electron chi connectivity index (χ3n) is 5.34. The molecule has 9 heteroatoms. The lowest BCUT2D eigenvalue weighted by Crippen LogP contribution is -2.01. The van der Waals surface area contributed by atoms with E-state index in [1.807, 2.05) is 47.0 Å². The molecule has 0 radical (unpaired) electrons. The second-order valence-corrected chi connectivity index (χ2v) is 7.25. The number of rotatable bonds is 6. The zero-order valence-corrected chi connectivity index (χ0v) is 17.9. The topological polar surface area (TPSA) is 91.7 Å². The van der Waals surface area contributed by atoms with Crippen LogP contribution in [0.25, 0.3) is 22.5 Å². The van der Waals surface area contributed by atoms with Crippen molar-refractivity contribution in [3.05, 3.63) is 77.6 Å². The first-order valence-corrected chi connectivity index (χ1v) is 10.1. The molecular weight excluding hydrogens is 406 g/mol. The van der Waals surface area contributed by atoms with Crippen LogP contribution in [-0.2, 0) is 11.4 Å². The molecule has 4 heterocycles. The van der Waals surface area contributed by atoms with Crippen molar-refractivity contribution in [3.63, 3.8) is 0 Å². The molecule has 0 spiro atoms. The average Bonchev–Trinajstić information content (AvgIpc) is 3.36. The van der Waals surface area contributed by atoms with Crippen LogP contribution in [0.4, 0.5) is 0 Å². The molecule has 0 saturated heterocycles. The summed E-state index contributed by atoms with van der Waals surface area (Å²) in [6.07, 6.45) is 5.07. The monoisotopic (exact) mass is 427 g/mol. The summed E-state index contributed by atoms with van der Waals surface area (Å²) in [5.74, 6) is 2.13. The van der Waals surface area contributed by atoms with Crippen molar-refractivity contribution >= 4 is 22.9 Å². The quantitative estimate of drug-likeness (QED) is 0.303. The van der Waals surface area contributed by atoms with Crippen LogP contribution in [0.3, 0.4) is 0 Å². The van der Waals surface area contributed by atoms with Crippen LogP contribution < -0.4 is 4.74 Å². The number of aryl methyl sites for hydroxylation is 1. The highest BCUT2D eigenvalue weighted by molar-refractivity contribution is 5.94. The van der Waals surface area contributed by atoms with E-state index >= 15 is 0 Å². The molecule has 0 N–H and O–H groups in total. The van der Waals surface area contributed by atoms with Crippen LogP contribution in [0.5, 0.6) is 5.75 Å². The van der Waals surface area contributed by atoms with Gasteiger partial charge in [-0.3, -0.25) is 4.57 Å². The summed E-state index contributed by atoms with van der Waals surface area (Å²) in [5, 5.41) is 9.44. The molecule has 0 aliphatic rings. The number of hydrogen-bond donors (Lipinski definition) is 0. The summed E-state index contributed by atoms with van der Waals surface area (Å²) in [7, 11) is 1.63. The number of pyridine rings is 1. The fraction of sp³-hybridized carbons (Fsp3) is 0.174. The highest BCUT2D eigenvalue weighted by Crippen LogP contribution is 2.28. The number of methoxy groups -OCH3 is 1. The normalized spacial score (nSPS) is 11.6. The van der Waals surface area contributed by atoms with E-state index in [0.29, 0.717) is 5.82 Å². The lowest BCUT2D eigenvalue weighted by molar-refractivity contribution is 0.126. The number of aromatic nitrogens is 6. The summed E-state index contributed by atoms with van der Waals surface area (Å²) >= 11 is 0. The number of ether oxygens (including phenoxy) is 1. The highest BCUT2D eigenvalue weighted by atomic mass is 16.6. The molecule has 0 bridgehead atoms. The number of hydrogen-bond acceptors (Lipinski definition) is 7. The van der Waals surface area contributed by atoms with Gasteiger partial charge in [0, 0.05) is 11.9 Å². The molecule has 0 amide bonds. The zero-order chi connectivity index (χ0) is 22.1. The molecule has 0 saturated carbocycles. The van der Waals surface area contributed by atoms with Crippen molar-refractivity contribution in [2.24, 2.45) is 5.16 Å². The van der Waals surface area contributed by atoms with Gasteiger partial charge in [-0.25, -0.2) is 19.5 Å². The Bertz CT molecular complexity index is 1420. The van der Waals surface area contributed by atoms with Gasteiger partial charge in [0.25, 0.3) is 0 Å². The van der Waals surface area contributed by atoms with Crippen LogP contribution in [0.15, 0.2) is 60.1 Å². The number of oxime groups is 1. The largest absolute Gasteiger partial charge is 0.497 e. The van der Waals surface area contributed by atoms with Crippen molar-refractivity contribution in [2.45, 2.75) is 20.5 Å². The van der Waals surface area contributed by atoms with Gasteiger partial charge in [-0.05, 0) is 61.4 Å². The molecule has 5 aromatic rings. The zero-order valence-electron chi connectivity index (χ0n) is 17.9. The van der Waals surface area contributed by atoms with Gasteiger partial charge >= 0.3 is 0 Å². The first-order chi connectivity index (χ1) is 15.7. The lowest BCUT2D eigenvalue weighted by atomic mass is 10.2. The van der Waals surface area contributed by atoms with Crippen LogP contribution in [0.2, 0.25) is 0 Å². The van der Waals surface area contributed by atoms with E-state index in [-0.39, 0.29) is 6.61 Å². The second kappa shape index (κ2) is 8.10. The molecule has 0 fully saturated rings. The standard InChI is InChI=1S/C23H21N7O2/c1-15-16(2)30(20-6-4-5-11-24-20)22-21(15)23-27-19(28-29(23)14-25-22)13-32-26-12-17-7-9-18(31-3)10-8-17/h4-12,14H,13H2,1-3H3. The summed E-state index contributed by atoms with van der Waals surface area (Å²) in [5.41, 5.74) is 4.57. The minimum absolute atomic E-state index is 0.148. The Hall–Kier alpha value is -4.27. The molecular formula is C23H21N7O2. The molecule has 32 heavy (non-hydrogen) atoms. The summed E-state index contributed by atoms with van der Waals surface area (Å²) in [4.78, 5) is 19.2. The van der Waals surface area contributed by atoms with E-state index in [9.17, 15) is 0 Å². The fourth-order valence-electron chi connectivity index (χ4n) is 3.62. The summed E-state index contributed by atoms with van der Waals surface area (Å²) < 4.78 is 8.86.